The van der Waals surface area contributed by atoms with Crippen LogP contribution in [0.2, 0.25) is 0 Å². The molecule has 1 unspecified atom stereocenters. The fourth-order valence-corrected chi connectivity index (χ4v) is 2.97. The summed E-state index contributed by atoms with van der Waals surface area (Å²) in [5.41, 5.74) is 1.34. The Kier molecular flexibility index (Phi) is 5.01. The van der Waals surface area contributed by atoms with Crippen LogP contribution in [0.3, 0.4) is 0 Å². The van der Waals surface area contributed by atoms with E-state index in [1.54, 1.807) is 6.07 Å². The largest absolute Gasteiger partial charge is 0.496 e. The number of rotatable bonds is 6. The summed E-state index contributed by atoms with van der Waals surface area (Å²) in [5.74, 6) is 0.317. The van der Waals surface area contributed by atoms with E-state index in [0.29, 0.717) is 5.75 Å². The van der Waals surface area contributed by atoms with Crippen molar-refractivity contribution in [2.75, 3.05) is 20.2 Å². The van der Waals surface area contributed by atoms with Crippen LogP contribution in [0, 0.1) is 5.92 Å². The molecular weight excluding hydrogens is 254 g/mol. The van der Waals surface area contributed by atoms with Gasteiger partial charge in [0.1, 0.15) is 11.3 Å². The molecule has 2 rings (SSSR count). The van der Waals surface area contributed by atoms with E-state index in [9.17, 15) is 4.79 Å². The molecule has 1 atom stereocenters. The number of hydrogen-bond donors (Lipinski definition) is 1. The maximum absolute atomic E-state index is 11.1. The first-order chi connectivity index (χ1) is 9.63. The van der Waals surface area contributed by atoms with Crippen LogP contribution in [0.1, 0.15) is 42.1 Å². The maximum Gasteiger partial charge on any atom is 0.339 e. The van der Waals surface area contributed by atoms with E-state index in [-0.39, 0.29) is 5.56 Å². The van der Waals surface area contributed by atoms with Gasteiger partial charge in [-0.15, -0.1) is 0 Å². The van der Waals surface area contributed by atoms with Gasteiger partial charge in [-0.05, 0) is 43.0 Å². The van der Waals surface area contributed by atoms with Crippen molar-refractivity contribution in [2.24, 2.45) is 5.92 Å². The third-order valence-electron chi connectivity index (χ3n) is 3.97. The van der Waals surface area contributed by atoms with E-state index in [1.807, 2.05) is 12.1 Å². The quantitative estimate of drug-likeness (QED) is 0.868. The zero-order chi connectivity index (χ0) is 14.5. The summed E-state index contributed by atoms with van der Waals surface area (Å²) in [6, 6.07) is 5.37. The predicted molar refractivity (Wildman–Crippen MR) is 78.2 cm³/mol. The highest BCUT2D eigenvalue weighted by molar-refractivity contribution is 5.90. The second-order valence-corrected chi connectivity index (χ2v) is 5.52. The molecule has 1 aliphatic heterocycles. The molecule has 0 bridgehead atoms. The molecule has 1 aliphatic rings. The standard InChI is InChI=1S/C16H23NO3/c1-3-4-12-7-8-17(10-12)11-13-5-6-14(16(18)19)15(9-13)20-2/h5-6,9,12H,3-4,7-8,10-11H2,1-2H3,(H,18,19). The van der Waals surface area contributed by atoms with Crippen LogP contribution < -0.4 is 4.74 Å². The van der Waals surface area contributed by atoms with Crippen LogP contribution in [-0.2, 0) is 6.54 Å². The van der Waals surface area contributed by atoms with Crippen molar-refractivity contribution in [3.05, 3.63) is 29.3 Å². The highest BCUT2D eigenvalue weighted by Crippen LogP contribution is 2.25. The van der Waals surface area contributed by atoms with E-state index in [0.717, 1.165) is 31.1 Å². The lowest BCUT2D eigenvalue weighted by atomic mass is 10.0. The Morgan fingerprint density at radius 3 is 2.95 bits per heavy atom. The Labute approximate surface area is 120 Å². The molecule has 0 spiro atoms. The predicted octanol–water partition coefficient (Wildman–Crippen LogP) is 3.02. The number of methoxy groups -OCH3 is 1. The fourth-order valence-electron chi connectivity index (χ4n) is 2.97. The van der Waals surface area contributed by atoms with E-state index >= 15 is 0 Å². The first-order valence-electron chi connectivity index (χ1n) is 7.26. The first-order valence-corrected chi connectivity index (χ1v) is 7.26. The van der Waals surface area contributed by atoms with Gasteiger partial charge in [0, 0.05) is 13.1 Å². The van der Waals surface area contributed by atoms with Gasteiger partial charge in [-0.1, -0.05) is 19.4 Å². The summed E-state index contributed by atoms with van der Waals surface area (Å²) in [5, 5.41) is 9.08. The summed E-state index contributed by atoms with van der Waals surface area (Å²) in [7, 11) is 1.51. The Balaban J connectivity index is 2.02. The molecule has 1 N–H and O–H groups in total. The summed E-state index contributed by atoms with van der Waals surface area (Å²) in [4.78, 5) is 13.5. The van der Waals surface area contributed by atoms with E-state index in [1.165, 1.54) is 26.4 Å². The van der Waals surface area contributed by atoms with Crippen LogP contribution in [-0.4, -0.2) is 36.2 Å². The molecule has 0 aromatic heterocycles. The molecular formula is C16H23NO3. The highest BCUT2D eigenvalue weighted by atomic mass is 16.5. The van der Waals surface area contributed by atoms with Crippen molar-refractivity contribution in [3.8, 4) is 5.75 Å². The summed E-state index contributed by atoms with van der Waals surface area (Å²) < 4.78 is 5.17. The number of ether oxygens (including phenoxy) is 1. The Hall–Kier alpha value is -1.55. The van der Waals surface area contributed by atoms with Crippen LogP contribution >= 0.6 is 0 Å². The van der Waals surface area contributed by atoms with Crippen molar-refractivity contribution in [1.82, 2.24) is 4.90 Å². The van der Waals surface area contributed by atoms with Crippen LogP contribution in [0.5, 0.6) is 5.75 Å². The van der Waals surface area contributed by atoms with Gasteiger partial charge >= 0.3 is 5.97 Å². The number of nitrogens with zero attached hydrogens (tertiary/aromatic N) is 1. The number of benzene rings is 1. The number of hydrogen-bond acceptors (Lipinski definition) is 3. The highest BCUT2D eigenvalue weighted by Gasteiger charge is 2.22. The van der Waals surface area contributed by atoms with Gasteiger partial charge in [0.05, 0.1) is 7.11 Å². The van der Waals surface area contributed by atoms with Crippen molar-refractivity contribution in [1.29, 1.82) is 0 Å². The van der Waals surface area contributed by atoms with Crippen LogP contribution in [0.4, 0.5) is 0 Å². The molecule has 4 nitrogen and oxygen atoms in total. The maximum atomic E-state index is 11.1. The molecule has 0 saturated carbocycles. The molecule has 0 radical (unpaired) electrons. The molecule has 110 valence electrons. The van der Waals surface area contributed by atoms with Gasteiger partial charge in [0.25, 0.3) is 0 Å². The fraction of sp³-hybridized carbons (Fsp3) is 0.562. The number of likely N-dealkylation sites (tertiary alicyclic amines) is 1. The number of carboxylic acid groups (broad SMARTS) is 1. The molecule has 0 amide bonds. The van der Waals surface area contributed by atoms with Gasteiger partial charge in [0.15, 0.2) is 0 Å². The Morgan fingerprint density at radius 1 is 1.50 bits per heavy atom. The molecule has 1 heterocycles. The van der Waals surface area contributed by atoms with Crippen molar-refractivity contribution < 1.29 is 14.6 Å². The Bertz CT molecular complexity index is 473. The summed E-state index contributed by atoms with van der Waals surface area (Å²) in [6.07, 6.45) is 3.83. The second kappa shape index (κ2) is 6.75. The van der Waals surface area contributed by atoms with Crippen LogP contribution in [0.25, 0.3) is 0 Å². The molecule has 1 aromatic rings. The van der Waals surface area contributed by atoms with E-state index in [4.69, 9.17) is 9.84 Å². The van der Waals surface area contributed by atoms with Crippen molar-refractivity contribution in [3.63, 3.8) is 0 Å². The van der Waals surface area contributed by atoms with Crippen LogP contribution in [0.15, 0.2) is 18.2 Å². The van der Waals surface area contributed by atoms with E-state index in [2.05, 4.69) is 11.8 Å². The normalized spacial score (nSPS) is 19.2. The van der Waals surface area contributed by atoms with Gasteiger partial charge in [-0.2, -0.15) is 0 Å². The Morgan fingerprint density at radius 2 is 2.30 bits per heavy atom. The molecule has 4 heteroatoms. The zero-order valence-electron chi connectivity index (χ0n) is 12.3. The van der Waals surface area contributed by atoms with Gasteiger partial charge in [-0.25, -0.2) is 4.79 Å². The molecule has 1 saturated heterocycles. The lowest BCUT2D eigenvalue weighted by Gasteiger charge is -2.17. The molecule has 20 heavy (non-hydrogen) atoms. The minimum Gasteiger partial charge on any atom is -0.496 e. The molecule has 1 aromatic carbocycles. The minimum atomic E-state index is -0.947. The summed E-state index contributed by atoms with van der Waals surface area (Å²) >= 11 is 0. The number of aromatic carboxylic acids is 1. The smallest absolute Gasteiger partial charge is 0.339 e. The van der Waals surface area contributed by atoms with Crippen molar-refractivity contribution >= 4 is 5.97 Å². The average molecular weight is 277 g/mol. The lowest BCUT2D eigenvalue weighted by molar-refractivity contribution is 0.0693. The third-order valence-corrected chi connectivity index (χ3v) is 3.97. The van der Waals surface area contributed by atoms with Crippen molar-refractivity contribution in [2.45, 2.75) is 32.7 Å². The molecule has 1 fully saturated rings. The minimum absolute atomic E-state index is 0.224. The topological polar surface area (TPSA) is 49.8 Å². The van der Waals surface area contributed by atoms with E-state index < -0.39 is 5.97 Å². The zero-order valence-corrected chi connectivity index (χ0v) is 12.3. The number of carbonyl (C=O) groups is 1. The van der Waals surface area contributed by atoms with Gasteiger partial charge in [0.2, 0.25) is 0 Å². The lowest BCUT2D eigenvalue weighted by Crippen LogP contribution is -2.20. The SMILES string of the molecule is CCCC1CCN(Cc2ccc(C(=O)O)c(OC)c2)C1. The van der Waals surface area contributed by atoms with Gasteiger partial charge < -0.3 is 9.84 Å². The first kappa shape index (κ1) is 14.9. The third kappa shape index (κ3) is 3.51. The average Bonchev–Trinajstić information content (AvgIpc) is 2.86. The molecule has 0 aliphatic carbocycles. The summed E-state index contributed by atoms with van der Waals surface area (Å²) in [6.45, 7) is 5.39. The van der Waals surface area contributed by atoms with Gasteiger partial charge in [-0.3, -0.25) is 4.90 Å². The monoisotopic (exact) mass is 277 g/mol. The second-order valence-electron chi connectivity index (χ2n) is 5.52. The number of carboxylic acids is 1.